The second-order valence-electron chi connectivity index (χ2n) is 7.70. The molecular weight excluding hydrogens is 406 g/mol. The normalized spacial score (nSPS) is 10.7. The van der Waals surface area contributed by atoms with Crippen molar-refractivity contribution in [2.24, 2.45) is 0 Å². The molecule has 0 aliphatic carbocycles. The number of carbonyl (C=O) groups is 1. The predicted octanol–water partition coefficient (Wildman–Crippen LogP) is 6.54. The van der Waals surface area contributed by atoms with Gasteiger partial charge in [0.2, 0.25) is 5.95 Å². The van der Waals surface area contributed by atoms with E-state index in [1.165, 1.54) is 0 Å². The Bertz CT molecular complexity index is 1290. The average Bonchev–Trinajstić information content (AvgIpc) is 2.89. The Morgan fingerprint density at radius 1 is 0.485 bits per heavy atom. The number of nitrogen functional groups attached to an aromatic ring is 1. The maximum atomic E-state index is 12.2. The molecule has 0 atom stereocenters. The van der Waals surface area contributed by atoms with Gasteiger partial charge in [0.15, 0.2) is 6.29 Å². The van der Waals surface area contributed by atoms with E-state index < -0.39 is 0 Å². The summed E-state index contributed by atoms with van der Waals surface area (Å²) in [4.78, 5) is 21.0. The molecule has 0 spiro atoms. The lowest BCUT2D eigenvalue weighted by molar-refractivity contribution is 0.112. The molecule has 33 heavy (non-hydrogen) atoms. The van der Waals surface area contributed by atoms with Gasteiger partial charge in [0.1, 0.15) is 0 Å². The summed E-state index contributed by atoms with van der Waals surface area (Å²) in [7, 11) is 0. The van der Waals surface area contributed by atoms with Crippen LogP contribution in [0.25, 0.3) is 44.8 Å². The summed E-state index contributed by atoms with van der Waals surface area (Å²) >= 11 is 0. The van der Waals surface area contributed by atoms with Crippen molar-refractivity contribution in [2.45, 2.75) is 0 Å². The van der Waals surface area contributed by atoms with E-state index in [0.717, 1.165) is 39.7 Å². The van der Waals surface area contributed by atoms with Crippen molar-refractivity contribution < 1.29 is 4.79 Å². The summed E-state index contributed by atoms with van der Waals surface area (Å²) in [6.07, 6.45) is 0.806. The van der Waals surface area contributed by atoms with Gasteiger partial charge in [-0.3, -0.25) is 4.79 Å². The Hall–Kier alpha value is -4.57. The first-order chi connectivity index (χ1) is 16.2. The number of aldehydes is 1. The zero-order valence-corrected chi connectivity index (χ0v) is 17.8. The molecule has 5 rings (SSSR count). The third-order valence-electron chi connectivity index (χ3n) is 5.61. The number of benzene rings is 4. The highest BCUT2D eigenvalue weighted by Crippen LogP contribution is 2.32. The minimum Gasteiger partial charge on any atom is -0.368 e. The van der Waals surface area contributed by atoms with Gasteiger partial charge < -0.3 is 5.73 Å². The third-order valence-corrected chi connectivity index (χ3v) is 5.61. The quantitative estimate of drug-likeness (QED) is 0.323. The zero-order chi connectivity index (χ0) is 22.6. The van der Waals surface area contributed by atoms with Crippen LogP contribution in [0.1, 0.15) is 10.4 Å². The standard InChI is InChI=1S/C29H21N3O/c30-29-31-27(24-15-11-22(12-16-24)20-7-3-1-4-8-20)26(19-33)28(32-29)25-17-13-23(14-18-25)21-9-5-2-6-10-21/h1-19H,(H2,30,31,32). The fraction of sp³-hybridized carbons (Fsp3) is 0. The number of hydrogen-bond donors (Lipinski definition) is 1. The van der Waals surface area contributed by atoms with Crippen LogP contribution in [-0.2, 0) is 0 Å². The maximum Gasteiger partial charge on any atom is 0.221 e. The summed E-state index contributed by atoms with van der Waals surface area (Å²) < 4.78 is 0. The summed E-state index contributed by atoms with van der Waals surface area (Å²) in [6.45, 7) is 0. The van der Waals surface area contributed by atoms with Crippen LogP contribution in [0.5, 0.6) is 0 Å². The van der Waals surface area contributed by atoms with Crippen LogP contribution in [0, 0.1) is 0 Å². The van der Waals surface area contributed by atoms with E-state index in [9.17, 15) is 4.79 Å². The molecule has 0 fully saturated rings. The number of nitrogens with two attached hydrogens (primary N) is 1. The number of hydrogen-bond acceptors (Lipinski definition) is 4. The van der Waals surface area contributed by atoms with E-state index in [2.05, 4.69) is 34.2 Å². The summed E-state index contributed by atoms with van der Waals surface area (Å²) in [5.41, 5.74) is 13.6. The highest BCUT2D eigenvalue weighted by molar-refractivity contribution is 5.94. The van der Waals surface area contributed by atoms with Crippen molar-refractivity contribution in [2.75, 3.05) is 5.73 Å². The van der Waals surface area contributed by atoms with E-state index in [1.54, 1.807) is 0 Å². The molecule has 0 aliphatic rings. The van der Waals surface area contributed by atoms with Crippen LogP contribution >= 0.6 is 0 Å². The molecule has 158 valence electrons. The van der Waals surface area contributed by atoms with Crippen LogP contribution in [0.4, 0.5) is 5.95 Å². The highest BCUT2D eigenvalue weighted by Gasteiger charge is 2.16. The third kappa shape index (κ3) is 4.14. The molecule has 1 aromatic heterocycles. The molecule has 0 unspecified atom stereocenters. The molecular formula is C29H21N3O. The highest BCUT2D eigenvalue weighted by atomic mass is 16.1. The average molecular weight is 428 g/mol. The first-order valence-electron chi connectivity index (χ1n) is 10.7. The van der Waals surface area contributed by atoms with E-state index in [1.807, 2.05) is 84.9 Å². The lowest BCUT2D eigenvalue weighted by atomic mass is 9.97. The number of carbonyl (C=O) groups excluding carboxylic acids is 1. The zero-order valence-electron chi connectivity index (χ0n) is 17.8. The van der Waals surface area contributed by atoms with Crippen molar-refractivity contribution in [1.82, 2.24) is 9.97 Å². The van der Waals surface area contributed by atoms with Gasteiger partial charge in [-0.2, -0.15) is 0 Å². The second-order valence-corrected chi connectivity index (χ2v) is 7.70. The molecule has 0 saturated carbocycles. The molecule has 0 radical (unpaired) electrons. The first kappa shape index (κ1) is 20.3. The van der Waals surface area contributed by atoms with Crippen molar-refractivity contribution >= 4 is 12.2 Å². The summed E-state index contributed by atoms with van der Waals surface area (Å²) in [5, 5.41) is 0. The molecule has 2 N–H and O–H groups in total. The van der Waals surface area contributed by atoms with Gasteiger partial charge in [0.05, 0.1) is 17.0 Å². The Labute approximate surface area is 192 Å². The van der Waals surface area contributed by atoms with Gasteiger partial charge in [-0.05, 0) is 22.3 Å². The van der Waals surface area contributed by atoms with E-state index in [4.69, 9.17) is 5.73 Å². The minimum absolute atomic E-state index is 0.130. The number of aromatic nitrogens is 2. The molecule has 0 aliphatic heterocycles. The van der Waals surface area contributed by atoms with Gasteiger partial charge in [-0.15, -0.1) is 0 Å². The van der Waals surface area contributed by atoms with Crippen molar-refractivity contribution in [3.63, 3.8) is 0 Å². The van der Waals surface area contributed by atoms with Crippen LogP contribution in [0.2, 0.25) is 0 Å². The Morgan fingerprint density at radius 2 is 0.818 bits per heavy atom. The number of nitrogens with zero attached hydrogens (tertiary/aromatic N) is 2. The van der Waals surface area contributed by atoms with Gasteiger partial charge in [-0.1, -0.05) is 109 Å². The largest absolute Gasteiger partial charge is 0.368 e. The molecule has 4 aromatic carbocycles. The number of rotatable bonds is 5. The molecule has 0 bridgehead atoms. The van der Waals surface area contributed by atoms with Crippen molar-refractivity contribution in [1.29, 1.82) is 0 Å². The van der Waals surface area contributed by atoms with Crippen LogP contribution in [0.3, 0.4) is 0 Å². The molecule has 0 saturated heterocycles. The fourth-order valence-electron chi connectivity index (χ4n) is 3.94. The Balaban J connectivity index is 1.54. The van der Waals surface area contributed by atoms with E-state index in [-0.39, 0.29) is 5.95 Å². The van der Waals surface area contributed by atoms with Crippen molar-refractivity contribution in [3.05, 3.63) is 115 Å². The maximum absolute atomic E-state index is 12.2. The Morgan fingerprint density at radius 3 is 1.18 bits per heavy atom. The molecule has 1 heterocycles. The van der Waals surface area contributed by atoms with Crippen molar-refractivity contribution in [3.8, 4) is 44.8 Å². The summed E-state index contributed by atoms with van der Waals surface area (Å²) in [5.74, 6) is 0.130. The fourth-order valence-corrected chi connectivity index (χ4v) is 3.94. The van der Waals surface area contributed by atoms with Crippen LogP contribution in [0.15, 0.2) is 109 Å². The first-order valence-corrected chi connectivity index (χ1v) is 10.7. The van der Waals surface area contributed by atoms with Gasteiger partial charge >= 0.3 is 0 Å². The second kappa shape index (κ2) is 8.89. The molecule has 4 heteroatoms. The summed E-state index contributed by atoms with van der Waals surface area (Å²) in [6, 6.07) is 36.2. The lowest BCUT2D eigenvalue weighted by Gasteiger charge is -2.12. The molecule has 5 aromatic rings. The lowest BCUT2D eigenvalue weighted by Crippen LogP contribution is -2.04. The van der Waals surface area contributed by atoms with Crippen LogP contribution < -0.4 is 5.73 Å². The minimum atomic E-state index is 0.130. The topological polar surface area (TPSA) is 68.9 Å². The van der Waals surface area contributed by atoms with E-state index in [0.29, 0.717) is 17.0 Å². The number of anilines is 1. The van der Waals surface area contributed by atoms with Gasteiger partial charge in [0.25, 0.3) is 0 Å². The van der Waals surface area contributed by atoms with Crippen LogP contribution in [-0.4, -0.2) is 16.3 Å². The Kier molecular flexibility index (Phi) is 5.48. The smallest absolute Gasteiger partial charge is 0.221 e. The van der Waals surface area contributed by atoms with Gasteiger partial charge in [0, 0.05) is 11.1 Å². The van der Waals surface area contributed by atoms with E-state index >= 15 is 0 Å². The molecule has 0 amide bonds. The SMILES string of the molecule is Nc1nc(-c2ccc(-c3ccccc3)cc2)c(C=O)c(-c2ccc(-c3ccccc3)cc2)n1. The molecule has 4 nitrogen and oxygen atoms in total. The monoisotopic (exact) mass is 427 g/mol. The predicted molar refractivity (Wildman–Crippen MR) is 134 cm³/mol. The van der Waals surface area contributed by atoms with Gasteiger partial charge in [-0.25, -0.2) is 9.97 Å².